The van der Waals surface area contributed by atoms with Crippen LogP contribution in [0.4, 0.5) is 32.3 Å². The van der Waals surface area contributed by atoms with Crippen LogP contribution in [0.3, 0.4) is 0 Å². The van der Waals surface area contributed by atoms with Crippen molar-refractivity contribution in [3.8, 4) is 0 Å². The Hall–Kier alpha value is -5.39. The van der Waals surface area contributed by atoms with E-state index in [4.69, 9.17) is 11.5 Å². The minimum Gasteiger partial charge on any atom is -0.478 e. The van der Waals surface area contributed by atoms with E-state index in [0.29, 0.717) is 11.4 Å². The molecule has 3 aromatic rings. The summed E-state index contributed by atoms with van der Waals surface area (Å²) < 4.78 is 0. The number of nitrogens with two attached hydrogens (primary N) is 2. The highest BCUT2D eigenvalue weighted by Gasteiger charge is 2.12. The second-order valence-corrected chi connectivity index (χ2v) is 7.15. The molecule has 0 fully saturated rings. The zero-order valence-electron chi connectivity index (χ0n) is 18.0. The number of nitrogens with one attached hydrogen (secondary N) is 4. The van der Waals surface area contributed by atoms with Gasteiger partial charge in [-0.05, 0) is 66.7 Å². The van der Waals surface area contributed by atoms with Crippen LogP contribution in [0.5, 0.6) is 0 Å². The van der Waals surface area contributed by atoms with E-state index in [9.17, 15) is 29.1 Å². The Morgan fingerprint density at radius 3 is 1.17 bits per heavy atom. The highest BCUT2D eigenvalue weighted by molar-refractivity contribution is 6.04. The molecule has 12 nitrogen and oxygen atoms in total. The van der Waals surface area contributed by atoms with E-state index in [1.165, 1.54) is 66.7 Å². The molecular weight excluding hydrogens is 456 g/mol. The fourth-order valence-electron chi connectivity index (χ4n) is 2.92. The van der Waals surface area contributed by atoms with Crippen LogP contribution in [0.2, 0.25) is 0 Å². The Bertz CT molecular complexity index is 1210. The Labute approximate surface area is 198 Å². The summed E-state index contributed by atoms with van der Waals surface area (Å²) >= 11 is 0. The van der Waals surface area contributed by atoms with Crippen molar-refractivity contribution in [2.24, 2.45) is 11.5 Å². The van der Waals surface area contributed by atoms with E-state index in [1.54, 1.807) is 0 Å². The molecule has 0 saturated heterocycles. The minimum atomic E-state index is -1.28. The van der Waals surface area contributed by atoms with Gasteiger partial charge < -0.3 is 37.8 Å². The first-order valence-corrected chi connectivity index (χ1v) is 9.95. The van der Waals surface area contributed by atoms with Crippen molar-refractivity contribution in [1.29, 1.82) is 0 Å². The molecule has 12 heteroatoms. The Morgan fingerprint density at radius 2 is 0.857 bits per heavy atom. The molecule has 0 unspecified atom stereocenters. The second kappa shape index (κ2) is 10.5. The van der Waals surface area contributed by atoms with Crippen molar-refractivity contribution in [3.05, 3.63) is 83.4 Å². The molecule has 9 N–H and O–H groups in total. The SMILES string of the molecule is NC(=O)c1ccc(NC(=O)Nc2cc(NC(=O)Nc3ccc(C(N)=O)cc3)cc(C(=O)O)c2)cc1. The number of aromatic carboxylic acids is 1. The van der Waals surface area contributed by atoms with Crippen LogP contribution in [-0.4, -0.2) is 35.0 Å². The number of rotatable bonds is 7. The van der Waals surface area contributed by atoms with E-state index < -0.39 is 29.8 Å². The predicted molar refractivity (Wildman–Crippen MR) is 129 cm³/mol. The van der Waals surface area contributed by atoms with E-state index in [0.717, 1.165) is 0 Å². The number of carbonyl (C=O) groups excluding carboxylic acids is 4. The van der Waals surface area contributed by atoms with E-state index in [2.05, 4.69) is 21.3 Å². The van der Waals surface area contributed by atoms with Gasteiger partial charge in [0.25, 0.3) is 0 Å². The lowest BCUT2D eigenvalue weighted by atomic mass is 10.1. The van der Waals surface area contributed by atoms with Gasteiger partial charge in [0, 0.05) is 33.9 Å². The van der Waals surface area contributed by atoms with Crippen LogP contribution in [0.15, 0.2) is 66.7 Å². The van der Waals surface area contributed by atoms with E-state index in [-0.39, 0.29) is 28.1 Å². The zero-order chi connectivity index (χ0) is 25.5. The van der Waals surface area contributed by atoms with Gasteiger partial charge in [0.1, 0.15) is 0 Å². The minimum absolute atomic E-state index is 0.0947. The number of carbonyl (C=O) groups is 5. The second-order valence-electron chi connectivity index (χ2n) is 7.15. The number of carboxylic acid groups (broad SMARTS) is 1. The Morgan fingerprint density at radius 1 is 0.514 bits per heavy atom. The summed E-state index contributed by atoms with van der Waals surface area (Å²) in [6.07, 6.45) is 0. The third kappa shape index (κ3) is 6.79. The first-order chi connectivity index (χ1) is 16.6. The fourth-order valence-corrected chi connectivity index (χ4v) is 2.92. The molecule has 0 atom stereocenters. The van der Waals surface area contributed by atoms with Crippen LogP contribution >= 0.6 is 0 Å². The van der Waals surface area contributed by atoms with Crippen molar-refractivity contribution >= 4 is 52.6 Å². The maximum atomic E-state index is 12.3. The molecule has 0 aliphatic rings. The van der Waals surface area contributed by atoms with Gasteiger partial charge in [-0.2, -0.15) is 0 Å². The lowest BCUT2D eigenvalue weighted by Crippen LogP contribution is -2.21. The van der Waals surface area contributed by atoms with Crippen molar-refractivity contribution < 1.29 is 29.1 Å². The molecule has 0 radical (unpaired) electrons. The highest BCUT2D eigenvalue weighted by Crippen LogP contribution is 2.21. The average molecular weight is 476 g/mol. The van der Waals surface area contributed by atoms with Gasteiger partial charge in [0.05, 0.1) is 5.56 Å². The topological polar surface area (TPSA) is 206 Å². The third-order valence-corrected chi connectivity index (χ3v) is 4.55. The number of benzene rings is 3. The molecule has 6 amide bonds. The highest BCUT2D eigenvalue weighted by atomic mass is 16.4. The van der Waals surface area contributed by atoms with Crippen LogP contribution in [0.25, 0.3) is 0 Å². The molecule has 3 aromatic carbocycles. The summed E-state index contributed by atoms with van der Waals surface area (Å²) in [4.78, 5) is 58.4. The van der Waals surface area contributed by atoms with Crippen LogP contribution in [0, 0.1) is 0 Å². The standard InChI is InChI=1S/C23H20N6O6/c24-19(30)12-1-5-15(6-2-12)26-22(34)28-17-9-14(21(32)33)10-18(11-17)29-23(35)27-16-7-3-13(4-8-16)20(25)31/h1-11H,(H2,24,30)(H2,25,31)(H,32,33)(H2,26,28,34)(H2,27,29,35). The zero-order valence-corrected chi connectivity index (χ0v) is 18.0. The lowest BCUT2D eigenvalue weighted by molar-refractivity contribution is 0.0696. The third-order valence-electron chi connectivity index (χ3n) is 4.55. The molecule has 0 heterocycles. The van der Waals surface area contributed by atoms with Crippen molar-refractivity contribution in [2.75, 3.05) is 21.3 Å². The largest absolute Gasteiger partial charge is 0.478 e. The van der Waals surface area contributed by atoms with E-state index in [1.807, 2.05) is 0 Å². The van der Waals surface area contributed by atoms with Crippen molar-refractivity contribution in [1.82, 2.24) is 0 Å². The quantitative estimate of drug-likeness (QED) is 0.273. The van der Waals surface area contributed by atoms with Gasteiger partial charge in [-0.15, -0.1) is 0 Å². The maximum absolute atomic E-state index is 12.3. The van der Waals surface area contributed by atoms with Gasteiger partial charge in [0.15, 0.2) is 0 Å². The first kappa shape index (κ1) is 24.3. The Balaban J connectivity index is 1.69. The summed E-state index contributed by atoms with van der Waals surface area (Å²) in [5, 5.41) is 19.4. The lowest BCUT2D eigenvalue weighted by Gasteiger charge is -2.12. The number of urea groups is 2. The molecule has 178 valence electrons. The van der Waals surface area contributed by atoms with Crippen molar-refractivity contribution in [2.45, 2.75) is 0 Å². The monoisotopic (exact) mass is 476 g/mol. The Kier molecular flexibility index (Phi) is 7.27. The smallest absolute Gasteiger partial charge is 0.335 e. The summed E-state index contributed by atoms with van der Waals surface area (Å²) in [6, 6.07) is 14.0. The average Bonchev–Trinajstić information content (AvgIpc) is 2.79. The normalized spacial score (nSPS) is 10.1. The molecule has 0 bridgehead atoms. The molecule has 0 spiro atoms. The molecule has 0 saturated carbocycles. The number of carboxylic acids is 1. The van der Waals surface area contributed by atoms with Crippen molar-refractivity contribution in [3.63, 3.8) is 0 Å². The van der Waals surface area contributed by atoms with Gasteiger partial charge in [-0.3, -0.25) is 9.59 Å². The van der Waals surface area contributed by atoms with Crippen LogP contribution < -0.4 is 32.7 Å². The molecule has 0 aromatic heterocycles. The number of amides is 6. The fraction of sp³-hybridized carbons (Fsp3) is 0. The predicted octanol–water partition coefficient (Wildman–Crippen LogP) is 2.87. The molecule has 0 aliphatic carbocycles. The van der Waals surface area contributed by atoms with Gasteiger partial charge in [-0.25, -0.2) is 14.4 Å². The number of anilines is 4. The summed E-state index contributed by atoms with van der Waals surface area (Å²) in [5.41, 5.74) is 11.6. The van der Waals surface area contributed by atoms with E-state index >= 15 is 0 Å². The van der Waals surface area contributed by atoms with Gasteiger partial charge in [0.2, 0.25) is 11.8 Å². The maximum Gasteiger partial charge on any atom is 0.335 e. The van der Waals surface area contributed by atoms with Crippen LogP contribution in [-0.2, 0) is 0 Å². The number of hydrogen-bond acceptors (Lipinski definition) is 5. The van der Waals surface area contributed by atoms with Gasteiger partial charge >= 0.3 is 18.0 Å². The molecule has 0 aliphatic heterocycles. The number of hydrogen-bond donors (Lipinski definition) is 7. The summed E-state index contributed by atoms with van der Waals surface area (Å²) in [7, 11) is 0. The molecule has 35 heavy (non-hydrogen) atoms. The molecular formula is C23H20N6O6. The summed E-state index contributed by atoms with van der Waals surface area (Å²) in [5.74, 6) is -2.50. The van der Waals surface area contributed by atoms with Gasteiger partial charge in [-0.1, -0.05) is 0 Å². The molecule has 3 rings (SSSR count). The first-order valence-electron chi connectivity index (χ1n) is 9.95. The van der Waals surface area contributed by atoms with Crippen LogP contribution in [0.1, 0.15) is 31.1 Å². The number of primary amides is 2. The summed E-state index contributed by atoms with van der Waals surface area (Å²) in [6.45, 7) is 0.